The Morgan fingerprint density at radius 1 is 1.39 bits per heavy atom. The molecule has 1 aliphatic carbocycles. The van der Waals surface area contributed by atoms with Crippen molar-refractivity contribution in [2.45, 2.75) is 84.1 Å². The maximum absolute atomic E-state index is 11.9. The minimum Gasteiger partial charge on any atom is -0.460 e. The van der Waals surface area contributed by atoms with Crippen LogP contribution in [0.1, 0.15) is 66.3 Å². The van der Waals surface area contributed by atoms with Crippen LogP contribution < -0.4 is 10.1 Å². The third kappa shape index (κ3) is 5.73. The molecule has 1 aromatic rings. The summed E-state index contributed by atoms with van der Waals surface area (Å²) in [7, 11) is 0. The van der Waals surface area contributed by atoms with E-state index in [4.69, 9.17) is 9.47 Å². The fourth-order valence-corrected chi connectivity index (χ4v) is 2.71. The second kappa shape index (κ2) is 7.19. The van der Waals surface area contributed by atoms with Crippen LogP contribution in [-0.2, 0) is 4.74 Å². The van der Waals surface area contributed by atoms with Gasteiger partial charge in [0, 0.05) is 6.04 Å². The highest BCUT2D eigenvalue weighted by Gasteiger charge is 2.27. The lowest BCUT2D eigenvalue weighted by atomic mass is 9.91. The third-order valence-electron chi connectivity index (χ3n) is 3.57. The van der Waals surface area contributed by atoms with Crippen molar-refractivity contribution >= 4 is 6.09 Å². The molecule has 1 fully saturated rings. The van der Waals surface area contributed by atoms with E-state index in [2.05, 4.69) is 15.4 Å². The summed E-state index contributed by atoms with van der Waals surface area (Å²) in [5.41, 5.74) is -0.479. The Morgan fingerprint density at radius 2 is 2.13 bits per heavy atom. The topological polar surface area (TPSA) is 78.3 Å². The summed E-state index contributed by atoms with van der Waals surface area (Å²) in [6, 6.07) is 0.727. The minimum absolute atomic E-state index is 0.0544. The minimum atomic E-state index is -0.479. The van der Waals surface area contributed by atoms with Gasteiger partial charge in [-0.15, -0.1) is 5.10 Å². The van der Waals surface area contributed by atoms with Crippen molar-refractivity contribution in [3.63, 3.8) is 0 Å². The Kier molecular flexibility index (Phi) is 5.49. The Hall–Kier alpha value is -1.79. The molecule has 0 spiro atoms. The molecule has 0 aliphatic heterocycles. The fraction of sp³-hybridized carbons (Fsp3) is 0.812. The van der Waals surface area contributed by atoms with Crippen molar-refractivity contribution < 1.29 is 14.3 Å². The Bertz CT molecular complexity index is 522. The van der Waals surface area contributed by atoms with Crippen LogP contribution in [0, 0.1) is 0 Å². The molecule has 1 amide bonds. The Labute approximate surface area is 137 Å². The van der Waals surface area contributed by atoms with E-state index >= 15 is 0 Å². The van der Waals surface area contributed by atoms with Gasteiger partial charge in [0.15, 0.2) is 0 Å². The van der Waals surface area contributed by atoms with Crippen LogP contribution in [0.25, 0.3) is 0 Å². The summed E-state index contributed by atoms with van der Waals surface area (Å²) in [6.07, 6.45) is 5.24. The number of ether oxygens (including phenoxy) is 2. The smallest absolute Gasteiger partial charge is 0.407 e. The summed E-state index contributed by atoms with van der Waals surface area (Å²) >= 11 is 0. The van der Waals surface area contributed by atoms with Gasteiger partial charge in [-0.05, 0) is 60.3 Å². The van der Waals surface area contributed by atoms with E-state index in [0.29, 0.717) is 6.01 Å². The van der Waals surface area contributed by atoms with E-state index in [-0.39, 0.29) is 24.3 Å². The van der Waals surface area contributed by atoms with Gasteiger partial charge in [-0.1, -0.05) is 0 Å². The fourth-order valence-electron chi connectivity index (χ4n) is 2.71. The standard InChI is InChI=1S/C16H28N4O3/c1-11(2)22-14-17-10-20(19-14)13-8-6-7-12(9-13)18-15(21)23-16(3,4)5/h10-13H,6-9H2,1-5H3,(H,18,21). The number of hydrogen-bond donors (Lipinski definition) is 1. The number of alkyl carbamates (subject to hydrolysis) is 1. The summed E-state index contributed by atoms with van der Waals surface area (Å²) in [5.74, 6) is 0. The Balaban J connectivity index is 1.90. The van der Waals surface area contributed by atoms with Crippen molar-refractivity contribution in [2.75, 3.05) is 0 Å². The first-order valence-electron chi connectivity index (χ1n) is 8.30. The average Bonchev–Trinajstić information content (AvgIpc) is 2.84. The van der Waals surface area contributed by atoms with E-state index in [1.54, 1.807) is 6.33 Å². The molecular formula is C16H28N4O3. The van der Waals surface area contributed by atoms with Crippen LogP contribution in [0.5, 0.6) is 6.01 Å². The number of nitrogens with one attached hydrogen (secondary N) is 1. The monoisotopic (exact) mass is 324 g/mol. The molecule has 23 heavy (non-hydrogen) atoms. The lowest BCUT2D eigenvalue weighted by Crippen LogP contribution is -2.41. The molecule has 1 N–H and O–H groups in total. The highest BCUT2D eigenvalue weighted by atomic mass is 16.6. The molecule has 1 saturated carbocycles. The molecule has 7 heteroatoms. The zero-order valence-corrected chi connectivity index (χ0v) is 14.7. The maximum atomic E-state index is 11.9. The van der Waals surface area contributed by atoms with Gasteiger partial charge in [-0.3, -0.25) is 0 Å². The molecule has 1 aromatic heterocycles. The molecule has 2 unspecified atom stereocenters. The van der Waals surface area contributed by atoms with Gasteiger partial charge in [0.2, 0.25) is 0 Å². The lowest BCUT2D eigenvalue weighted by Gasteiger charge is -2.30. The zero-order valence-electron chi connectivity index (χ0n) is 14.7. The van der Waals surface area contributed by atoms with Crippen molar-refractivity contribution in [3.8, 4) is 6.01 Å². The summed E-state index contributed by atoms with van der Waals surface area (Å²) in [4.78, 5) is 16.1. The first-order valence-corrected chi connectivity index (χ1v) is 8.30. The molecular weight excluding hydrogens is 296 g/mol. The molecule has 2 rings (SSSR count). The first kappa shape index (κ1) is 17.6. The van der Waals surface area contributed by atoms with Crippen LogP contribution in [0.2, 0.25) is 0 Å². The van der Waals surface area contributed by atoms with Crippen LogP contribution in [0.4, 0.5) is 4.79 Å². The quantitative estimate of drug-likeness (QED) is 0.921. The molecule has 0 saturated heterocycles. The largest absolute Gasteiger partial charge is 0.460 e. The second-order valence-electron chi connectivity index (χ2n) is 7.34. The summed E-state index contributed by atoms with van der Waals surface area (Å²) in [6.45, 7) is 9.48. The highest BCUT2D eigenvalue weighted by molar-refractivity contribution is 5.68. The van der Waals surface area contributed by atoms with Gasteiger partial charge in [-0.2, -0.15) is 4.98 Å². The van der Waals surface area contributed by atoms with Crippen LogP contribution in [0.3, 0.4) is 0 Å². The van der Waals surface area contributed by atoms with Gasteiger partial charge in [0.05, 0.1) is 12.1 Å². The lowest BCUT2D eigenvalue weighted by molar-refractivity contribution is 0.0484. The van der Waals surface area contributed by atoms with Gasteiger partial charge in [-0.25, -0.2) is 9.48 Å². The third-order valence-corrected chi connectivity index (χ3v) is 3.57. The number of carbonyl (C=O) groups excluding carboxylic acids is 1. The van der Waals surface area contributed by atoms with E-state index in [1.807, 2.05) is 39.3 Å². The second-order valence-corrected chi connectivity index (χ2v) is 7.34. The van der Waals surface area contributed by atoms with Crippen molar-refractivity contribution in [1.82, 2.24) is 20.1 Å². The molecule has 0 radical (unpaired) electrons. The van der Waals surface area contributed by atoms with E-state index in [0.717, 1.165) is 25.7 Å². The summed E-state index contributed by atoms with van der Waals surface area (Å²) < 4.78 is 12.7. The molecule has 0 aromatic carbocycles. The first-order chi connectivity index (χ1) is 10.7. The molecule has 1 heterocycles. The van der Waals surface area contributed by atoms with Crippen molar-refractivity contribution in [3.05, 3.63) is 6.33 Å². The van der Waals surface area contributed by atoms with Crippen LogP contribution in [-0.4, -0.2) is 38.6 Å². The highest BCUT2D eigenvalue weighted by Crippen LogP contribution is 2.28. The number of rotatable bonds is 4. The normalized spacial score (nSPS) is 22.0. The molecule has 130 valence electrons. The molecule has 7 nitrogen and oxygen atoms in total. The van der Waals surface area contributed by atoms with E-state index in [9.17, 15) is 4.79 Å². The van der Waals surface area contributed by atoms with E-state index < -0.39 is 5.60 Å². The van der Waals surface area contributed by atoms with E-state index in [1.165, 1.54) is 0 Å². The van der Waals surface area contributed by atoms with Gasteiger partial charge in [0.1, 0.15) is 11.9 Å². The van der Waals surface area contributed by atoms with Crippen molar-refractivity contribution in [1.29, 1.82) is 0 Å². The van der Waals surface area contributed by atoms with Gasteiger partial charge >= 0.3 is 12.1 Å². The van der Waals surface area contributed by atoms with Crippen LogP contribution in [0.15, 0.2) is 6.33 Å². The number of nitrogens with zero attached hydrogens (tertiary/aromatic N) is 3. The van der Waals surface area contributed by atoms with Crippen molar-refractivity contribution in [2.24, 2.45) is 0 Å². The molecule has 0 bridgehead atoms. The number of hydrogen-bond acceptors (Lipinski definition) is 5. The molecule has 1 aliphatic rings. The number of aromatic nitrogens is 3. The predicted octanol–water partition coefficient (Wildman–Crippen LogP) is 3.07. The maximum Gasteiger partial charge on any atom is 0.407 e. The average molecular weight is 324 g/mol. The van der Waals surface area contributed by atoms with Gasteiger partial charge in [0.25, 0.3) is 0 Å². The SMILES string of the molecule is CC(C)Oc1ncn(C2CCCC(NC(=O)OC(C)(C)C)C2)n1. The van der Waals surface area contributed by atoms with Crippen LogP contribution >= 0.6 is 0 Å². The number of carbonyl (C=O) groups is 1. The zero-order chi connectivity index (χ0) is 17.0. The summed E-state index contributed by atoms with van der Waals surface area (Å²) in [5, 5.41) is 7.35. The predicted molar refractivity (Wildman–Crippen MR) is 86.4 cm³/mol. The van der Waals surface area contributed by atoms with Gasteiger partial charge < -0.3 is 14.8 Å². The Morgan fingerprint density at radius 3 is 2.78 bits per heavy atom. The number of amides is 1. The molecule has 2 atom stereocenters.